The van der Waals surface area contributed by atoms with E-state index in [2.05, 4.69) is 38.3 Å². The first-order valence-electron chi connectivity index (χ1n) is 7.51. The number of rotatable bonds is 4. The molecule has 1 unspecified atom stereocenters. The summed E-state index contributed by atoms with van der Waals surface area (Å²) < 4.78 is 0. The first kappa shape index (κ1) is 14.8. The Labute approximate surface area is 116 Å². The van der Waals surface area contributed by atoms with Crippen molar-refractivity contribution in [2.75, 3.05) is 0 Å². The first-order valence-corrected chi connectivity index (χ1v) is 7.51. The van der Waals surface area contributed by atoms with Gasteiger partial charge in [-0.2, -0.15) is 0 Å². The van der Waals surface area contributed by atoms with Crippen molar-refractivity contribution in [1.29, 1.82) is 0 Å². The number of hydrogen-bond donors (Lipinski definition) is 3. The molecule has 0 aromatic heterocycles. The van der Waals surface area contributed by atoms with Crippen LogP contribution < -0.4 is 16.4 Å². The zero-order valence-electron chi connectivity index (χ0n) is 12.8. The van der Waals surface area contributed by atoms with Crippen LogP contribution in [-0.4, -0.2) is 29.1 Å². The van der Waals surface area contributed by atoms with Gasteiger partial charge >= 0.3 is 0 Å². The van der Waals surface area contributed by atoms with Gasteiger partial charge in [0.05, 0.1) is 0 Å². The fourth-order valence-electron chi connectivity index (χ4n) is 3.62. The molecule has 1 aliphatic carbocycles. The minimum Gasteiger partial charge on any atom is -0.353 e. The molecule has 0 aromatic rings. The summed E-state index contributed by atoms with van der Waals surface area (Å²) in [6.07, 6.45) is 4.82. The summed E-state index contributed by atoms with van der Waals surface area (Å²) in [6, 6.07) is 0.313. The maximum Gasteiger partial charge on any atom is 0.221 e. The Bertz CT molecular complexity index is 331. The van der Waals surface area contributed by atoms with E-state index in [1.807, 2.05) is 0 Å². The minimum absolute atomic E-state index is 0.0581. The molecule has 1 heterocycles. The Morgan fingerprint density at radius 3 is 2.26 bits per heavy atom. The number of carbonyl (C=O) groups excluding carboxylic acids is 1. The van der Waals surface area contributed by atoms with Crippen molar-refractivity contribution < 1.29 is 4.79 Å². The van der Waals surface area contributed by atoms with E-state index in [0.29, 0.717) is 12.3 Å². The van der Waals surface area contributed by atoms with Crippen molar-refractivity contribution in [1.82, 2.24) is 10.6 Å². The topological polar surface area (TPSA) is 67.2 Å². The molecule has 1 saturated heterocycles. The van der Waals surface area contributed by atoms with Gasteiger partial charge in [0.25, 0.3) is 0 Å². The van der Waals surface area contributed by atoms with E-state index in [9.17, 15) is 4.79 Å². The highest BCUT2D eigenvalue weighted by atomic mass is 16.1. The summed E-state index contributed by atoms with van der Waals surface area (Å²) >= 11 is 0. The molecule has 19 heavy (non-hydrogen) atoms. The zero-order chi connectivity index (χ0) is 14.3. The van der Waals surface area contributed by atoms with E-state index in [1.54, 1.807) is 0 Å². The smallest absolute Gasteiger partial charge is 0.221 e. The van der Waals surface area contributed by atoms with Crippen LogP contribution in [-0.2, 0) is 4.79 Å². The quantitative estimate of drug-likeness (QED) is 0.724. The molecule has 1 aliphatic heterocycles. The van der Waals surface area contributed by atoms with Gasteiger partial charge in [0.2, 0.25) is 5.91 Å². The number of carbonyl (C=O) groups is 1. The molecule has 4 N–H and O–H groups in total. The molecule has 1 amide bonds. The fraction of sp³-hybridized carbons (Fsp3) is 0.933. The van der Waals surface area contributed by atoms with E-state index in [4.69, 9.17) is 5.73 Å². The Kier molecular flexibility index (Phi) is 3.94. The third-order valence-corrected chi connectivity index (χ3v) is 4.20. The monoisotopic (exact) mass is 267 g/mol. The third-order valence-electron chi connectivity index (χ3n) is 4.20. The number of nitrogens with two attached hydrogens (primary N) is 1. The van der Waals surface area contributed by atoms with E-state index < -0.39 is 0 Å². The molecule has 1 atom stereocenters. The molecule has 0 radical (unpaired) electrons. The lowest BCUT2D eigenvalue weighted by Gasteiger charge is -2.46. The van der Waals surface area contributed by atoms with Crippen molar-refractivity contribution >= 4 is 5.91 Å². The van der Waals surface area contributed by atoms with E-state index in [0.717, 1.165) is 12.8 Å². The highest BCUT2D eigenvalue weighted by molar-refractivity contribution is 5.77. The van der Waals surface area contributed by atoms with E-state index >= 15 is 0 Å². The number of nitrogens with one attached hydrogen (secondary N) is 2. The van der Waals surface area contributed by atoms with Gasteiger partial charge in [-0.05, 0) is 59.3 Å². The van der Waals surface area contributed by atoms with Crippen molar-refractivity contribution in [2.24, 2.45) is 11.7 Å². The summed E-state index contributed by atoms with van der Waals surface area (Å²) in [5.74, 6) is 0.713. The van der Waals surface area contributed by atoms with Gasteiger partial charge in [-0.1, -0.05) is 0 Å². The first-order chi connectivity index (χ1) is 8.67. The molecule has 0 spiro atoms. The van der Waals surface area contributed by atoms with Crippen LogP contribution in [0, 0.1) is 5.92 Å². The molecule has 0 aromatic carbocycles. The highest BCUT2D eigenvalue weighted by Gasteiger charge is 2.38. The number of hydrogen-bond acceptors (Lipinski definition) is 3. The Hall–Kier alpha value is -0.610. The van der Waals surface area contributed by atoms with Crippen molar-refractivity contribution in [2.45, 2.75) is 83.0 Å². The molecule has 2 aliphatic rings. The Balaban J connectivity index is 1.85. The van der Waals surface area contributed by atoms with Gasteiger partial charge in [-0.25, -0.2) is 0 Å². The van der Waals surface area contributed by atoms with Crippen LogP contribution in [0.3, 0.4) is 0 Å². The lowest BCUT2D eigenvalue weighted by Crippen LogP contribution is -2.62. The molecular weight excluding hydrogens is 238 g/mol. The van der Waals surface area contributed by atoms with Crippen molar-refractivity contribution in [3.05, 3.63) is 0 Å². The predicted octanol–water partition coefficient (Wildman–Crippen LogP) is 1.54. The Morgan fingerprint density at radius 1 is 1.26 bits per heavy atom. The normalized spacial score (nSPS) is 27.8. The summed E-state index contributed by atoms with van der Waals surface area (Å²) in [5, 5.41) is 6.81. The average molecular weight is 267 g/mol. The van der Waals surface area contributed by atoms with Gasteiger partial charge in [-0.3, -0.25) is 4.79 Å². The van der Waals surface area contributed by atoms with Crippen LogP contribution in [0.5, 0.6) is 0 Å². The summed E-state index contributed by atoms with van der Waals surface area (Å²) in [4.78, 5) is 12.1. The summed E-state index contributed by atoms with van der Waals surface area (Å²) in [6.45, 7) is 8.79. The molecule has 0 bridgehead atoms. The van der Waals surface area contributed by atoms with Gasteiger partial charge in [0.1, 0.15) is 0 Å². The van der Waals surface area contributed by atoms with Crippen LogP contribution >= 0.6 is 0 Å². The van der Waals surface area contributed by atoms with Gasteiger partial charge < -0.3 is 16.4 Å². The van der Waals surface area contributed by atoms with Crippen LogP contribution in [0.1, 0.15) is 59.8 Å². The maximum absolute atomic E-state index is 12.1. The fourth-order valence-corrected chi connectivity index (χ4v) is 3.62. The summed E-state index contributed by atoms with van der Waals surface area (Å²) in [5.41, 5.74) is 6.15. The lowest BCUT2D eigenvalue weighted by atomic mass is 9.79. The van der Waals surface area contributed by atoms with Crippen molar-refractivity contribution in [3.8, 4) is 0 Å². The van der Waals surface area contributed by atoms with Gasteiger partial charge in [0.15, 0.2) is 0 Å². The van der Waals surface area contributed by atoms with Crippen LogP contribution in [0.2, 0.25) is 0 Å². The number of piperidine rings is 1. The van der Waals surface area contributed by atoms with E-state index in [-0.39, 0.29) is 29.1 Å². The van der Waals surface area contributed by atoms with Crippen molar-refractivity contribution in [3.63, 3.8) is 0 Å². The molecule has 1 saturated carbocycles. The largest absolute Gasteiger partial charge is 0.353 e. The maximum atomic E-state index is 12.1. The summed E-state index contributed by atoms with van der Waals surface area (Å²) in [7, 11) is 0. The lowest BCUT2D eigenvalue weighted by molar-refractivity contribution is -0.122. The van der Waals surface area contributed by atoms with Gasteiger partial charge in [0, 0.05) is 29.6 Å². The van der Waals surface area contributed by atoms with Gasteiger partial charge in [-0.15, -0.1) is 0 Å². The third kappa shape index (κ3) is 4.46. The molecule has 2 rings (SSSR count). The van der Waals surface area contributed by atoms with Crippen LogP contribution in [0.4, 0.5) is 0 Å². The zero-order valence-corrected chi connectivity index (χ0v) is 12.8. The minimum atomic E-state index is 0.0581. The second-order valence-corrected chi connectivity index (χ2v) is 7.77. The highest BCUT2D eigenvalue weighted by Crippen LogP contribution is 2.33. The number of amides is 1. The standard InChI is InChI=1S/C15H29N3O/c1-14(2)8-11(9-15(3,4)18-14)17-13(19)7-12(16)10-5-6-10/h10-12,18H,5-9,16H2,1-4H3,(H,17,19). The molecule has 2 fully saturated rings. The second-order valence-electron chi connectivity index (χ2n) is 7.77. The molecule has 110 valence electrons. The van der Waals surface area contributed by atoms with E-state index in [1.165, 1.54) is 12.8 Å². The Morgan fingerprint density at radius 2 is 1.79 bits per heavy atom. The second kappa shape index (κ2) is 5.06. The molecular formula is C15H29N3O. The molecule has 4 heteroatoms. The average Bonchev–Trinajstić information content (AvgIpc) is 2.92. The molecule has 4 nitrogen and oxygen atoms in total. The SMILES string of the molecule is CC1(C)CC(NC(=O)CC(N)C2CC2)CC(C)(C)N1. The van der Waals surface area contributed by atoms with Crippen LogP contribution in [0.15, 0.2) is 0 Å². The van der Waals surface area contributed by atoms with Crippen LogP contribution in [0.25, 0.3) is 0 Å². The predicted molar refractivity (Wildman–Crippen MR) is 77.8 cm³/mol.